The number of hydrogen-bond donors (Lipinski definition) is 3. The maximum Gasteiger partial charge on any atom is 0.122 e. The van der Waals surface area contributed by atoms with Gasteiger partial charge in [0.1, 0.15) is 5.75 Å². The zero-order valence-corrected chi connectivity index (χ0v) is 16.2. The van der Waals surface area contributed by atoms with Gasteiger partial charge < -0.3 is 15.3 Å². The molecule has 4 nitrogen and oxygen atoms in total. The van der Waals surface area contributed by atoms with Gasteiger partial charge in [0, 0.05) is 25.2 Å². The van der Waals surface area contributed by atoms with Crippen LogP contribution >= 0.6 is 0 Å². The van der Waals surface area contributed by atoms with Gasteiger partial charge in [0.25, 0.3) is 0 Å². The quantitative estimate of drug-likeness (QED) is 0.682. The molecule has 0 saturated carbocycles. The smallest absolute Gasteiger partial charge is 0.122 e. The molecule has 0 aromatic heterocycles. The van der Waals surface area contributed by atoms with Crippen molar-refractivity contribution in [3.8, 4) is 5.75 Å². The zero-order chi connectivity index (χ0) is 18.5. The number of nitrogens with zero attached hydrogens (tertiary/aromatic N) is 1. The Hall–Kier alpha value is -1.10. The van der Waals surface area contributed by atoms with Crippen LogP contribution in [0.1, 0.15) is 57.7 Å². The van der Waals surface area contributed by atoms with Gasteiger partial charge in [-0.05, 0) is 35.3 Å². The average molecular weight is 338 g/mol. The fourth-order valence-electron chi connectivity index (χ4n) is 3.59. The van der Waals surface area contributed by atoms with Crippen LogP contribution < -0.4 is 0 Å². The number of phenolic OH excluding ortho intramolecular Hbond substituents is 1. The largest absolute Gasteiger partial charge is 0.507 e. The number of hydrogen-bond acceptors (Lipinski definition) is 4. The van der Waals surface area contributed by atoms with Crippen LogP contribution in [0.2, 0.25) is 0 Å². The minimum absolute atomic E-state index is 0.00421. The first-order valence-electron chi connectivity index (χ1n) is 8.77. The Morgan fingerprint density at radius 2 is 1.50 bits per heavy atom. The normalized spacial score (nSPS) is 12.9. The predicted octanol–water partition coefficient (Wildman–Crippen LogP) is 3.20. The maximum absolute atomic E-state index is 10.5. The fourth-order valence-corrected chi connectivity index (χ4v) is 3.59. The van der Waals surface area contributed by atoms with Crippen molar-refractivity contribution in [1.29, 1.82) is 0 Å². The van der Waals surface area contributed by atoms with Crippen LogP contribution in [0.5, 0.6) is 5.75 Å². The minimum atomic E-state index is 0.00421. The molecule has 4 heteroatoms. The van der Waals surface area contributed by atoms with Crippen molar-refractivity contribution in [2.75, 3.05) is 26.3 Å². The summed E-state index contributed by atoms with van der Waals surface area (Å²) in [4.78, 5) is 1.95. The molecule has 138 valence electrons. The first-order valence-corrected chi connectivity index (χ1v) is 8.77. The third kappa shape index (κ3) is 6.08. The topological polar surface area (TPSA) is 63.9 Å². The number of aliphatic hydroxyl groups is 2. The molecule has 0 heterocycles. The molecular formula is C20H35NO3. The van der Waals surface area contributed by atoms with Crippen LogP contribution in [-0.2, 0) is 12.0 Å². The molecule has 0 aliphatic rings. The van der Waals surface area contributed by atoms with E-state index in [4.69, 9.17) is 0 Å². The molecule has 24 heavy (non-hydrogen) atoms. The van der Waals surface area contributed by atoms with E-state index >= 15 is 0 Å². The van der Waals surface area contributed by atoms with Crippen molar-refractivity contribution in [2.45, 2.75) is 59.9 Å². The Morgan fingerprint density at radius 3 is 1.96 bits per heavy atom. The highest BCUT2D eigenvalue weighted by Crippen LogP contribution is 2.38. The third-order valence-electron chi connectivity index (χ3n) is 4.36. The number of rotatable bonds is 8. The molecule has 0 saturated heterocycles. The van der Waals surface area contributed by atoms with E-state index in [0.717, 1.165) is 17.5 Å². The third-order valence-corrected chi connectivity index (χ3v) is 4.36. The molecule has 1 aromatic rings. The lowest BCUT2D eigenvalue weighted by molar-refractivity contribution is 0.155. The van der Waals surface area contributed by atoms with E-state index in [0.29, 0.717) is 25.4 Å². The summed E-state index contributed by atoms with van der Waals surface area (Å²) in [6, 6.07) is 4.16. The van der Waals surface area contributed by atoms with Crippen molar-refractivity contribution in [3.05, 3.63) is 28.8 Å². The van der Waals surface area contributed by atoms with E-state index in [9.17, 15) is 15.3 Å². The molecular weight excluding hydrogens is 302 g/mol. The van der Waals surface area contributed by atoms with Crippen LogP contribution in [0.15, 0.2) is 12.1 Å². The number of aromatic hydroxyl groups is 1. The molecule has 0 atom stereocenters. The summed E-state index contributed by atoms with van der Waals surface area (Å²) < 4.78 is 0. The Bertz CT molecular complexity index is 526. The molecule has 0 unspecified atom stereocenters. The molecule has 1 aromatic carbocycles. The molecule has 0 aliphatic carbocycles. The van der Waals surface area contributed by atoms with E-state index < -0.39 is 0 Å². The minimum Gasteiger partial charge on any atom is -0.507 e. The molecule has 0 bridgehead atoms. The summed E-state index contributed by atoms with van der Waals surface area (Å²) in [5.74, 6) is 0.311. The second-order valence-electron chi connectivity index (χ2n) is 8.65. The Morgan fingerprint density at radius 1 is 0.958 bits per heavy atom. The molecule has 0 radical (unpaired) electrons. The SMILES string of the molecule is Cc1cc(C(C)(C)CC(C)(C)C)cc(CN(CCO)CCO)c1O. The lowest BCUT2D eigenvalue weighted by atomic mass is 9.71. The predicted molar refractivity (Wildman–Crippen MR) is 99.4 cm³/mol. The summed E-state index contributed by atoms with van der Waals surface area (Å²) in [7, 11) is 0. The van der Waals surface area contributed by atoms with Crippen LogP contribution in [0.3, 0.4) is 0 Å². The average Bonchev–Trinajstić information content (AvgIpc) is 2.41. The Labute approximate surface area is 147 Å². The first-order chi connectivity index (χ1) is 11.0. The molecule has 3 N–H and O–H groups in total. The van der Waals surface area contributed by atoms with Gasteiger partial charge in [-0.2, -0.15) is 0 Å². The van der Waals surface area contributed by atoms with Crippen LogP contribution in [0.4, 0.5) is 0 Å². The van der Waals surface area contributed by atoms with Crippen molar-refractivity contribution in [3.63, 3.8) is 0 Å². The Kier molecular flexibility index (Phi) is 7.26. The van der Waals surface area contributed by atoms with Gasteiger partial charge in [0.05, 0.1) is 13.2 Å². The lowest BCUT2D eigenvalue weighted by Crippen LogP contribution is -2.30. The summed E-state index contributed by atoms with van der Waals surface area (Å²) in [5.41, 5.74) is 3.17. The zero-order valence-electron chi connectivity index (χ0n) is 16.2. The number of aryl methyl sites for hydroxylation is 1. The van der Waals surface area contributed by atoms with Gasteiger partial charge in [0.2, 0.25) is 0 Å². The van der Waals surface area contributed by atoms with Crippen molar-refractivity contribution < 1.29 is 15.3 Å². The molecule has 0 amide bonds. The van der Waals surface area contributed by atoms with Gasteiger partial charge in [-0.1, -0.05) is 46.8 Å². The Balaban J connectivity index is 3.16. The van der Waals surface area contributed by atoms with E-state index in [1.165, 1.54) is 5.56 Å². The second kappa shape index (κ2) is 8.32. The second-order valence-corrected chi connectivity index (χ2v) is 8.65. The van der Waals surface area contributed by atoms with Crippen molar-refractivity contribution >= 4 is 0 Å². The monoisotopic (exact) mass is 337 g/mol. The summed E-state index contributed by atoms with van der Waals surface area (Å²) in [5, 5.41) is 28.8. The van der Waals surface area contributed by atoms with E-state index in [-0.39, 0.29) is 24.0 Å². The fraction of sp³-hybridized carbons (Fsp3) is 0.700. The maximum atomic E-state index is 10.5. The molecule has 0 aliphatic heterocycles. The summed E-state index contributed by atoms with van der Waals surface area (Å²) >= 11 is 0. The van der Waals surface area contributed by atoms with Gasteiger partial charge in [0.15, 0.2) is 0 Å². The number of benzene rings is 1. The van der Waals surface area contributed by atoms with Gasteiger partial charge >= 0.3 is 0 Å². The highest BCUT2D eigenvalue weighted by molar-refractivity contribution is 5.45. The highest BCUT2D eigenvalue weighted by Gasteiger charge is 2.28. The van der Waals surface area contributed by atoms with Crippen molar-refractivity contribution in [2.24, 2.45) is 5.41 Å². The molecule has 0 spiro atoms. The number of aliphatic hydroxyl groups excluding tert-OH is 2. The van der Waals surface area contributed by atoms with Gasteiger partial charge in [-0.3, -0.25) is 4.90 Å². The van der Waals surface area contributed by atoms with Gasteiger partial charge in [-0.25, -0.2) is 0 Å². The van der Waals surface area contributed by atoms with Crippen molar-refractivity contribution in [1.82, 2.24) is 4.90 Å². The van der Waals surface area contributed by atoms with E-state index in [1.807, 2.05) is 11.8 Å². The summed E-state index contributed by atoms with van der Waals surface area (Å²) in [6.45, 7) is 14.7. The standard InChI is InChI=1S/C20H35NO3/c1-15-11-17(20(5,6)14-19(2,3)4)12-16(18(15)24)13-21(7-9-22)8-10-23/h11-12,22-24H,7-10,13-14H2,1-6H3. The first kappa shape index (κ1) is 20.9. The van der Waals surface area contributed by atoms with E-state index in [2.05, 4.69) is 46.8 Å². The number of phenols is 1. The highest BCUT2D eigenvalue weighted by atomic mass is 16.3. The lowest BCUT2D eigenvalue weighted by Gasteiger charge is -2.34. The molecule has 0 fully saturated rings. The van der Waals surface area contributed by atoms with Crippen LogP contribution in [-0.4, -0.2) is 46.5 Å². The van der Waals surface area contributed by atoms with Crippen LogP contribution in [0.25, 0.3) is 0 Å². The van der Waals surface area contributed by atoms with Crippen LogP contribution in [0, 0.1) is 12.3 Å². The van der Waals surface area contributed by atoms with Gasteiger partial charge in [-0.15, -0.1) is 0 Å². The summed E-state index contributed by atoms with van der Waals surface area (Å²) in [6.07, 6.45) is 1.04. The molecule has 1 rings (SSSR count). The van der Waals surface area contributed by atoms with E-state index in [1.54, 1.807) is 0 Å².